The van der Waals surface area contributed by atoms with Gasteiger partial charge in [0, 0.05) is 12.5 Å². The van der Waals surface area contributed by atoms with Crippen LogP contribution in [0.1, 0.15) is 84.3 Å². The summed E-state index contributed by atoms with van der Waals surface area (Å²) >= 11 is 0. The molecule has 0 aromatic heterocycles. The van der Waals surface area contributed by atoms with Gasteiger partial charge in [0.2, 0.25) is 0 Å². The van der Waals surface area contributed by atoms with Crippen LogP contribution in [-0.2, 0) is 19.0 Å². The zero-order valence-corrected chi connectivity index (χ0v) is 22.9. The fraction of sp³-hybridized carbons (Fsp3) is 0.586. The number of rotatable bonds is 14. The van der Waals surface area contributed by atoms with E-state index in [9.17, 15) is 9.59 Å². The lowest BCUT2D eigenvalue weighted by molar-refractivity contribution is -0.150. The van der Waals surface area contributed by atoms with Crippen molar-refractivity contribution in [1.29, 1.82) is 0 Å². The minimum atomic E-state index is -0.990. The van der Waals surface area contributed by atoms with Crippen LogP contribution in [0.3, 0.4) is 0 Å². The Kier molecular flexibility index (Phi) is 13.5. The highest BCUT2D eigenvalue weighted by molar-refractivity contribution is 5.73. The van der Waals surface area contributed by atoms with E-state index >= 15 is 0 Å². The van der Waals surface area contributed by atoms with E-state index < -0.39 is 23.3 Å². The van der Waals surface area contributed by atoms with E-state index in [1.807, 2.05) is 45.9 Å². The van der Waals surface area contributed by atoms with Crippen LogP contribution >= 0.6 is 0 Å². The fourth-order valence-electron chi connectivity index (χ4n) is 3.66. The van der Waals surface area contributed by atoms with Gasteiger partial charge in [-0.25, -0.2) is 9.59 Å². The van der Waals surface area contributed by atoms with Gasteiger partial charge in [-0.05, 0) is 70.6 Å². The molecule has 0 fully saturated rings. The van der Waals surface area contributed by atoms with E-state index in [1.54, 1.807) is 0 Å². The lowest BCUT2D eigenvalue weighted by Gasteiger charge is -2.29. The summed E-state index contributed by atoms with van der Waals surface area (Å²) in [6.45, 7) is 16.2. The summed E-state index contributed by atoms with van der Waals surface area (Å²) in [4.78, 5) is 22.7. The van der Waals surface area contributed by atoms with Gasteiger partial charge in [0.05, 0.1) is 17.8 Å². The number of hydrogen-bond acceptors (Lipinski definition) is 5. The van der Waals surface area contributed by atoms with E-state index in [0.717, 1.165) is 6.42 Å². The average molecular weight is 504 g/mol. The molecule has 0 radical (unpaired) electrons. The molecule has 1 amide bonds. The van der Waals surface area contributed by atoms with Gasteiger partial charge < -0.3 is 24.6 Å². The SMILES string of the molecule is C=CCCC.CC1=CC(COC(=O)NCCC(C)(C)OCCC(C)(C)OCC(=O)O)c2ccccc21. The molecular formula is C29H45NO6. The Hall–Kier alpha value is -2.64. The summed E-state index contributed by atoms with van der Waals surface area (Å²) in [6.07, 6.45) is 7.19. The molecule has 1 aliphatic carbocycles. The Morgan fingerprint density at radius 1 is 1.11 bits per heavy atom. The van der Waals surface area contributed by atoms with Crippen LogP contribution in [0.2, 0.25) is 0 Å². The molecule has 2 rings (SSSR count). The van der Waals surface area contributed by atoms with Gasteiger partial charge in [-0.15, -0.1) is 6.58 Å². The van der Waals surface area contributed by atoms with Crippen LogP contribution in [0.25, 0.3) is 5.57 Å². The van der Waals surface area contributed by atoms with Crippen molar-refractivity contribution < 1.29 is 28.9 Å². The summed E-state index contributed by atoms with van der Waals surface area (Å²) in [5.41, 5.74) is 2.59. The van der Waals surface area contributed by atoms with E-state index in [0.29, 0.717) is 32.6 Å². The lowest BCUT2D eigenvalue weighted by atomic mass is 10.0. The Labute approximate surface area is 216 Å². The third-order valence-electron chi connectivity index (χ3n) is 5.90. The molecule has 1 atom stereocenters. The standard InChI is InChI=1S/C24H35NO6.C5H10/c1-17-14-18(20-9-7-6-8-19(17)20)15-29-22(28)25-12-10-23(2,3)30-13-11-24(4,5)31-16-21(26)27;1-3-5-4-2/h6-9,14,18H,10-13,15-16H2,1-5H3,(H,25,28)(H,26,27);3H,1,4-5H2,2H3. The number of carbonyl (C=O) groups excluding carboxylic acids is 1. The van der Waals surface area contributed by atoms with Crippen LogP contribution in [-0.4, -0.2) is 54.7 Å². The minimum absolute atomic E-state index is 0.0911. The second-order valence-electron chi connectivity index (χ2n) is 10.2. The second kappa shape index (κ2) is 15.5. The molecule has 1 unspecified atom stereocenters. The van der Waals surface area contributed by atoms with Crippen molar-refractivity contribution in [3.8, 4) is 0 Å². The number of amides is 1. The average Bonchev–Trinajstić information content (AvgIpc) is 3.13. The zero-order chi connectivity index (χ0) is 27.2. The number of alkyl carbamates (subject to hydrolysis) is 1. The Bertz CT molecular complexity index is 874. The molecule has 2 N–H and O–H groups in total. The minimum Gasteiger partial charge on any atom is -0.480 e. The number of aliphatic carboxylic acids is 1. The van der Waals surface area contributed by atoms with Gasteiger partial charge in [-0.1, -0.05) is 49.8 Å². The van der Waals surface area contributed by atoms with Crippen molar-refractivity contribution in [3.63, 3.8) is 0 Å². The molecule has 0 heterocycles. The highest BCUT2D eigenvalue weighted by Gasteiger charge is 2.24. The molecule has 0 saturated carbocycles. The molecule has 202 valence electrons. The summed E-state index contributed by atoms with van der Waals surface area (Å²) in [6, 6.07) is 8.17. The molecule has 0 spiro atoms. The summed E-state index contributed by atoms with van der Waals surface area (Å²) in [5, 5.41) is 11.5. The smallest absolute Gasteiger partial charge is 0.407 e. The van der Waals surface area contributed by atoms with Gasteiger partial charge in [0.25, 0.3) is 0 Å². The molecule has 1 aromatic carbocycles. The first-order valence-corrected chi connectivity index (χ1v) is 12.7. The third kappa shape index (κ3) is 12.4. The van der Waals surface area contributed by atoms with Crippen LogP contribution in [0, 0.1) is 0 Å². The van der Waals surface area contributed by atoms with Crippen LogP contribution in [0.15, 0.2) is 43.0 Å². The summed E-state index contributed by atoms with van der Waals surface area (Å²) in [5.74, 6) is -0.899. The molecular weight excluding hydrogens is 458 g/mol. The molecule has 0 bridgehead atoms. The predicted molar refractivity (Wildman–Crippen MR) is 144 cm³/mol. The number of ether oxygens (including phenoxy) is 3. The van der Waals surface area contributed by atoms with E-state index in [1.165, 1.54) is 23.1 Å². The second-order valence-corrected chi connectivity index (χ2v) is 10.2. The maximum Gasteiger partial charge on any atom is 0.407 e. The Morgan fingerprint density at radius 3 is 2.39 bits per heavy atom. The summed E-state index contributed by atoms with van der Waals surface area (Å²) < 4.78 is 16.7. The van der Waals surface area contributed by atoms with Gasteiger partial charge >= 0.3 is 12.1 Å². The molecule has 1 aliphatic rings. The summed E-state index contributed by atoms with van der Waals surface area (Å²) in [7, 11) is 0. The number of fused-ring (bicyclic) bond motifs is 1. The van der Waals surface area contributed by atoms with Gasteiger partial charge in [-0.2, -0.15) is 0 Å². The maximum absolute atomic E-state index is 12.1. The van der Waals surface area contributed by atoms with Crippen LogP contribution < -0.4 is 5.32 Å². The number of benzene rings is 1. The number of hydrogen-bond donors (Lipinski definition) is 2. The highest BCUT2D eigenvalue weighted by Crippen LogP contribution is 2.35. The van der Waals surface area contributed by atoms with Crippen molar-refractivity contribution in [2.45, 2.75) is 84.3 Å². The Morgan fingerprint density at radius 2 is 1.78 bits per heavy atom. The molecule has 0 aliphatic heterocycles. The molecule has 7 nitrogen and oxygen atoms in total. The fourth-order valence-corrected chi connectivity index (χ4v) is 3.66. The van der Waals surface area contributed by atoms with Gasteiger partial charge in [0.1, 0.15) is 13.2 Å². The highest BCUT2D eigenvalue weighted by atomic mass is 16.5. The monoisotopic (exact) mass is 503 g/mol. The number of unbranched alkanes of at least 4 members (excludes halogenated alkanes) is 1. The maximum atomic E-state index is 12.1. The number of nitrogens with one attached hydrogen (secondary N) is 1. The number of allylic oxidation sites excluding steroid dienone is 2. The normalized spacial score (nSPS) is 14.7. The van der Waals surface area contributed by atoms with Crippen molar-refractivity contribution in [1.82, 2.24) is 5.32 Å². The molecule has 0 saturated heterocycles. The van der Waals surface area contributed by atoms with E-state index in [2.05, 4.69) is 44.0 Å². The van der Waals surface area contributed by atoms with Crippen molar-refractivity contribution in [3.05, 3.63) is 54.1 Å². The lowest BCUT2D eigenvalue weighted by Crippen LogP contribution is -2.35. The van der Waals surface area contributed by atoms with E-state index in [4.69, 9.17) is 19.3 Å². The van der Waals surface area contributed by atoms with E-state index in [-0.39, 0.29) is 12.5 Å². The number of carboxylic acids is 1. The first-order chi connectivity index (χ1) is 16.9. The number of carboxylic acid groups (broad SMARTS) is 1. The molecule has 1 aromatic rings. The van der Waals surface area contributed by atoms with Crippen LogP contribution in [0.5, 0.6) is 0 Å². The first-order valence-electron chi connectivity index (χ1n) is 12.7. The quantitative estimate of drug-likeness (QED) is 0.288. The first kappa shape index (κ1) is 31.4. The van der Waals surface area contributed by atoms with Gasteiger partial charge in [0.15, 0.2) is 0 Å². The topological polar surface area (TPSA) is 94.1 Å². The van der Waals surface area contributed by atoms with Crippen molar-refractivity contribution >= 4 is 17.6 Å². The predicted octanol–water partition coefficient (Wildman–Crippen LogP) is 6.34. The van der Waals surface area contributed by atoms with Crippen molar-refractivity contribution in [2.75, 3.05) is 26.4 Å². The third-order valence-corrected chi connectivity index (χ3v) is 5.90. The molecule has 7 heteroatoms. The largest absolute Gasteiger partial charge is 0.480 e. The Balaban J connectivity index is 0.00000118. The van der Waals surface area contributed by atoms with Gasteiger partial charge in [-0.3, -0.25) is 0 Å². The van der Waals surface area contributed by atoms with Crippen LogP contribution in [0.4, 0.5) is 4.79 Å². The zero-order valence-electron chi connectivity index (χ0n) is 22.9. The van der Waals surface area contributed by atoms with Crippen molar-refractivity contribution in [2.24, 2.45) is 0 Å². The number of carbonyl (C=O) groups is 2. The molecule has 36 heavy (non-hydrogen) atoms.